The van der Waals surface area contributed by atoms with Crippen LogP contribution in [0.1, 0.15) is 165 Å². The number of esters is 5. The molecule has 3 rings (SSSR count). The first-order chi connectivity index (χ1) is 45.6. The number of amides is 4. The summed E-state index contributed by atoms with van der Waals surface area (Å²) in [5, 5.41) is 0. The topological polar surface area (TPSA) is 240 Å². The van der Waals surface area contributed by atoms with E-state index in [1.807, 2.05) is 20.8 Å². The second-order valence-corrected chi connectivity index (χ2v) is 29.3. The Morgan fingerprint density at radius 3 is 1.16 bits per heavy atom. The maximum absolute atomic E-state index is 16.1. The molecule has 0 aliphatic carbocycles. The Kier molecular flexibility index (Phi) is 30.8. The van der Waals surface area contributed by atoms with Crippen LogP contribution in [0.2, 0.25) is 0 Å². The van der Waals surface area contributed by atoms with Crippen molar-refractivity contribution in [2.24, 2.45) is 10.8 Å². The average molecular weight is 1430 g/mol. The third-order valence-corrected chi connectivity index (χ3v) is 15.3. The van der Waals surface area contributed by atoms with Gasteiger partial charge in [0, 0.05) is 41.0 Å². The van der Waals surface area contributed by atoms with Crippen LogP contribution in [-0.4, -0.2) is 180 Å². The Labute approximate surface area is 580 Å². The predicted octanol–water partition coefficient (Wildman–Crippen LogP) is 12.7. The van der Waals surface area contributed by atoms with Crippen LogP contribution in [0.25, 0.3) is 0 Å². The van der Waals surface area contributed by atoms with Gasteiger partial charge in [0.2, 0.25) is 0 Å². The van der Waals surface area contributed by atoms with Crippen LogP contribution < -0.4 is 9.47 Å². The molecular weight excluding hydrogens is 1330 g/mol. The number of carbonyl (C=O) groups is 9. The molecular formula is C71H98F8N4O17. The quantitative estimate of drug-likeness (QED) is 0.0313. The summed E-state index contributed by atoms with van der Waals surface area (Å²) in [6.45, 7) is 21.9. The highest BCUT2D eigenvalue weighted by atomic mass is 19.4. The number of hydrogen-bond acceptors (Lipinski definition) is 17. The number of alkyl halides is 8. The van der Waals surface area contributed by atoms with Crippen molar-refractivity contribution in [1.82, 2.24) is 19.6 Å². The van der Waals surface area contributed by atoms with Crippen LogP contribution in [0, 0.1) is 10.8 Å². The summed E-state index contributed by atoms with van der Waals surface area (Å²) >= 11 is 0. The summed E-state index contributed by atoms with van der Waals surface area (Å²) in [4.78, 5) is 132. The summed E-state index contributed by atoms with van der Waals surface area (Å²) in [5.41, 5.74) is -5.58. The molecule has 0 fully saturated rings. The number of rotatable bonds is 33. The molecule has 3 aromatic rings. The van der Waals surface area contributed by atoms with E-state index in [4.69, 9.17) is 28.4 Å². The van der Waals surface area contributed by atoms with Crippen molar-refractivity contribution >= 4 is 53.7 Å². The molecule has 21 nitrogen and oxygen atoms in total. The molecule has 0 aliphatic heterocycles. The molecule has 100 heavy (non-hydrogen) atoms. The van der Waals surface area contributed by atoms with E-state index in [9.17, 15) is 69.5 Å². The van der Waals surface area contributed by atoms with Gasteiger partial charge in [-0.3, -0.25) is 19.3 Å². The van der Waals surface area contributed by atoms with Gasteiger partial charge in [0.15, 0.2) is 24.4 Å². The molecule has 0 saturated heterocycles. The van der Waals surface area contributed by atoms with Gasteiger partial charge in [-0.05, 0) is 159 Å². The van der Waals surface area contributed by atoms with Crippen LogP contribution in [0.5, 0.6) is 11.5 Å². The minimum Gasteiger partial charge on any atom is -0.458 e. The lowest BCUT2D eigenvalue weighted by atomic mass is 9.87. The number of ether oxygens (including phenoxy) is 8. The number of halogens is 8. The monoisotopic (exact) mass is 1430 g/mol. The smallest absolute Gasteiger partial charge is 0.458 e. The fraction of sp³-hybridized carbons (Fsp3) is 0.620. The molecule has 8 atom stereocenters. The summed E-state index contributed by atoms with van der Waals surface area (Å²) in [6.07, 6.45) is -21.0. The van der Waals surface area contributed by atoms with E-state index in [0.29, 0.717) is 21.6 Å². The van der Waals surface area contributed by atoms with E-state index >= 15 is 8.78 Å². The molecule has 29 heteroatoms. The lowest BCUT2D eigenvalue weighted by Gasteiger charge is -2.36. The molecule has 560 valence electrons. The third kappa shape index (κ3) is 31.1. The van der Waals surface area contributed by atoms with Crippen LogP contribution in [0.3, 0.4) is 0 Å². The number of hydrogen-bond donors (Lipinski definition) is 0. The van der Waals surface area contributed by atoms with Gasteiger partial charge >= 0.3 is 48.7 Å². The highest BCUT2D eigenvalue weighted by Gasteiger charge is 2.45. The zero-order valence-corrected chi connectivity index (χ0v) is 60.4. The van der Waals surface area contributed by atoms with E-state index in [1.54, 1.807) is 71.9 Å². The number of benzene rings is 3. The number of nitrogens with zero attached hydrogens (tertiary/aromatic N) is 4. The molecule has 0 N–H and O–H groups in total. The fourth-order valence-corrected chi connectivity index (χ4v) is 10.0. The number of aryl methyl sites for hydroxylation is 2. The van der Waals surface area contributed by atoms with Crippen molar-refractivity contribution < 1.29 is 116 Å². The Balaban J connectivity index is 2.09. The molecule has 4 amide bonds. The minimum atomic E-state index is -5.03. The maximum atomic E-state index is 16.1. The Bertz CT molecular complexity index is 3210. The largest absolute Gasteiger partial charge is 0.573 e. The molecule has 0 aromatic heterocycles. The van der Waals surface area contributed by atoms with Crippen molar-refractivity contribution in [2.45, 2.75) is 246 Å². The van der Waals surface area contributed by atoms with Crippen LogP contribution >= 0.6 is 0 Å². The van der Waals surface area contributed by atoms with E-state index in [2.05, 4.69) is 9.47 Å². The normalized spacial score (nSPS) is 14.8. The first-order valence-electron chi connectivity index (χ1n) is 32.5. The zero-order chi connectivity index (χ0) is 76.4. The fourth-order valence-electron chi connectivity index (χ4n) is 10.0. The molecule has 0 heterocycles. The zero-order valence-electron chi connectivity index (χ0n) is 60.4. The Morgan fingerprint density at radius 1 is 0.400 bits per heavy atom. The van der Waals surface area contributed by atoms with Gasteiger partial charge in [0.1, 0.15) is 59.2 Å². The van der Waals surface area contributed by atoms with Crippen LogP contribution in [0.15, 0.2) is 78.9 Å². The maximum Gasteiger partial charge on any atom is 0.573 e. The van der Waals surface area contributed by atoms with Crippen molar-refractivity contribution in [3.63, 3.8) is 0 Å². The van der Waals surface area contributed by atoms with Crippen molar-refractivity contribution in [3.8, 4) is 11.5 Å². The molecule has 0 bridgehead atoms. The summed E-state index contributed by atoms with van der Waals surface area (Å²) < 4.78 is 152. The number of likely N-dealkylation sites (N-methyl/N-ethyl adjacent to an activating group) is 4. The van der Waals surface area contributed by atoms with E-state index in [-0.39, 0.29) is 38.7 Å². The van der Waals surface area contributed by atoms with E-state index in [0.717, 1.165) is 94.7 Å². The Morgan fingerprint density at radius 2 is 0.770 bits per heavy atom. The lowest BCUT2D eigenvalue weighted by molar-refractivity contribution is -0.275. The van der Waals surface area contributed by atoms with Gasteiger partial charge in [-0.15, -0.1) is 26.3 Å². The highest BCUT2D eigenvalue weighted by Crippen LogP contribution is 2.32. The molecule has 0 saturated carbocycles. The van der Waals surface area contributed by atoms with Crippen LogP contribution in [-0.2, 0) is 86.2 Å². The van der Waals surface area contributed by atoms with Gasteiger partial charge in [-0.1, -0.05) is 96.1 Å². The molecule has 3 aromatic carbocycles. The van der Waals surface area contributed by atoms with Gasteiger partial charge < -0.3 is 52.6 Å². The molecule has 0 unspecified atom stereocenters. The van der Waals surface area contributed by atoms with Crippen molar-refractivity contribution in [2.75, 3.05) is 28.2 Å². The van der Waals surface area contributed by atoms with Gasteiger partial charge in [0.05, 0.1) is 0 Å². The first-order valence-corrected chi connectivity index (χ1v) is 32.5. The second-order valence-electron chi connectivity index (χ2n) is 29.3. The van der Waals surface area contributed by atoms with Gasteiger partial charge in [0.25, 0.3) is 17.7 Å². The van der Waals surface area contributed by atoms with Gasteiger partial charge in [-0.2, -0.15) is 0 Å². The standard InChI is InChI=1S/C71H98F8N4O17/c1-43(94-61(89)51(39-66(6,7)8)82(18)58(86)55(36-30-46-27-33-49(34-28-46)99-71(77,78)79)97-63(91)53(41-69(14,15)73)83(19)64(92)100-67(9,10)11)56(84)81(17)52(40-68(12,13)72)62(90)96-54(35-29-45-25-31-48(32-26-45)98-70(74,75)76)57(85)80(16)50(37-38-65(3,4)5)60(88)95-44(2)59(87)93-42-47-23-21-20-22-24-47/h20-28,31-34,43-44,50-55H,29-30,35-42H2,1-19H3/t43-,44-,50+,51+,52+,53+,54-,55-/m1/s1. The summed E-state index contributed by atoms with van der Waals surface area (Å²) in [5.74, 6) is -10.3. The first kappa shape index (κ1) is 86.0. The lowest BCUT2D eigenvalue weighted by Crippen LogP contribution is -2.54. The molecule has 0 spiro atoms. The van der Waals surface area contributed by atoms with E-state index in [1.165, 1.54) is 38.2 Å². The second kappa shape index (κ2) is 35.9. The van der Waals surface area contributed by atoms with Crippen LogP contribution in [0.4, 0.5) is 39.9 Å². The highest BCUT2D eigenvalue weighted by molar-refractivity contribution is 5.93. The average Bonchev–Trinajstić information content (AvgIpc) is 0.825. The molecule has 0 radical (unpaired) electrons. The number of carbonyl (C=O) groups excluding carboxylic acids is 9. The van der Waals surface area contributed by atoms with Crippen molar-refractivity contribution in [1.29, 1.82) is 0 Å². The van der Waals surface area contributed by atoms with Gasteiger partial charge in [-0.25, -0.2) is 37.5 Å². The Hall–Kier alpha value is -8.27. The SMILES string of the molecule is C[C@@H](OC(=O)[C@H](CCC(C)(C)C)N(C)C(=O)[C@@H](CCc1ccc(OC(F)(F)F)cc1)OC(=O)[C@H](CC(C)(C)F)N(C)C(=O)[C@@H](C)OC(=O)[C@H](CC(C)(C)C)N(C)C(=O)[C@@H](CCc1ccc(OC(F)(F)F)cc1)OC(=O)[C@H](CC(C)(C)F)N(C)C(=O)OC(C)(C)C)C(=O)OCc1ccccc1. The minimum absolute atomic E-state index is 0.0701. The summed E-state index contributed by atoms with van der Waals surface area (Å²) in [6, 6.07) is 10.9. The third-order valence-electron chi connectivity index (χ3n) is 15.3. The van der Waals surface area contributed by atoms with E-state index < -0.39 is 180 Å². The summed E-state index contributed by atoms with van der Waals surface area (Å²) in [7, 11) is 4.56. The molecule has 0 aliphatic rings. The predicted molar refractivity (Wildman–Crippen MR) is 350 cm³/mol. The van der Waals surface area contributed by atoms with Crippen molar-refractivity contribution in [3.05, 3.63) is 95.6 Å².